The number of anilines is 1. The molecule has 6 heteroatoms. The lowest BCUT2D eigenvalue weighted by molar-refractivity contribution is 0.366. The lowest BCUT2D eigenvalue weighted by Gasteiger charge is -2.30. The van der Waals surface area contributed by atoms with Crippen molar-refractivity contribution in [2.45, 2.75) is 44.6 Å². The van der Waals surface area contributed by atoms with Crippen LogP contribution in [0.2, 0.25) is 0 Å². The minimum atomic E-state index is -0.147. The maximum Gasteiger partial charge on any atom is 0.195 e. The summed E-state index contributed by atoms with van der Waals surface area (Å²) in [4.78, 5) is 8.35. The van der Waals surface area contributed by atoms with Crippen LogP contribution in [-0.2, 0) is 0 Å². The Kier molecular flexibility index (Phi) is 6.27. The Morgan fingerprint density at radius 3 is 2.48 bits per heavy atom. The van der Waals surface area contributed by atoms with Crippen LogP contribution in [0.15, 0.2) is 41.5 Å². The zero-order valence-corrected chi connectivity index (χ0v) is 16.1. The smallest absolute Gasteiger partial charge is 0.195 e. The van der Waals surface area contributed by atoms with Crippen molar-refractivity contribution in [1.29, 1.82) is 0 Å². The molecule has 0 saturated heterocycles. The quantitative estimate of drug-likeness (QED) is 0.624. The van der Waals surface area contributed by atoms with E-state index in [0.717, 1.165) is 48.6 Å². The molecule has 144 valence electrons. The number of aryl methyl sites for hydroxylation is 1. The Balaban J connectivity index is 1.55. The maximum absolute atomic E-state index is 14.3. The van der Waals surface area contributed by atoms with E-state index in [1.165, 1.54) is 0 Å². The van der Waals surface area contributed by atoms with Gasteiger partial charge in [-0.2, -0.15) is 0 Å². The predicted octanol–water partition coefficient (Wildman–Crippen LogP) is 4.25. The predicted molar refractivity (Wildman–Crippen MR) is 107 cm³/mol. The van der Waals surface area contributed by atoms with Crippen LogP contribution in [0, 0.1) is 12.7 Å². The molecule has 0 amide bonds. The van der Waals surface area contributed by atoms with Crippen LogP contribution < -0.4 is 15.4 Å². The molecule has 0 aliphatic heterocycles. The second-order valence-corrected chi connectivity index (χ2v) is 6.92. The van der Waals surface area contributed by atoms with E-state index in [1.54, 1.807) is 27.3 Å². The number of guanidine groups is 1. The second-order valence-electron chi connectivity index (χ2n) is 6.92. The number of halogens is 1. The number of nitrogens with one attached hydrogen (secondary N) is 2. The van der Waals surface area contributed by atoms with Crippen molar-refractivity contribution >= 4 is 11.6 Å². The maximum atomic E-state index is 14.3. The van der Waals surface area contributed by atoms with Crippen LogP contribution in [0.3, 0.4) is 0 Å². The average molecular weight is 370 g/mol. The summed E-state index contributed by atoms with van der Waals surface area (Å²) in [6, 6.07) is 9.88. The van der Waals surface area contributed by atoms with Gasteiger partial charge in [0.1, 0.15) is 11.6 Å². The Morgan fingerprint density at radius 1 is 1.15 bits per heavy atom. The van der Waals surface area contributed by atoms with E-state index in [9.17, 15) is 4.39 Å². The fourth-order valence-electron chi connectivity index (χ4n) is 3.59. The lowest BCUT2D eigenvalue weighted by atomic mass is 9.81. The molecule has 27 heavy (non-hydrogen) atoms. The molecule has 0 bridgehead atoms. The highest BCUT2D eigenvalue weighted by atomic mass is 19.1. The van der Waals surface area contributed by atoms with Gasteiger partial charge in [-0.15, -0.1) is 0 Å². The molecule has 1 fully saturated rings. The summed E-state index contributed by atoms with van der Waals surface area (Å²) in [5, 5.41) is 6.78. The van der Waals surface area contributed by atoms with Crippen LogP contribution in [0.25, 0.3) is 0 Å². The molecule has 5 nitrogen and oxygen atoms in total. The van der Waals surface area contributed by atoms with Gasteiger partial charge in [0.25, 0.3) is 0 Å². The van der Waals surface area contributed by atoms with E-state index >= 15 is 0 Å². The lowest BCUT2D eigenvalue weighted by Crippen LogP contribution is -2.41. The topological polar surface area (TPSA) is 58.5 Å². The van der Waals surface area contributed by atoms with E-state index < -0.39 is 0 Å². The molecule has 1 saturated carbocycles. The van der Waals surface area contributed by atoms with Gasteiger partial charge in [-0.05, 0) is 74.4 Å². The summed E-state index contributed by atoms with van der Waals surface area (Å²) < 4.78 is 19.5. The van der Waals surface area contributed by atoms with Gasteiger partial charge in [-0.3, -0.25) is 9.98 Å². The normalized spacial score (nSPS) is 20.2. The molecule has 0 radical (unpaired) electrons. The van der Waals surface area contributed by atoms with E-state index in [-0.39, 0.29) is 11.7 Å². The fourth-order valence-corrected chi connectivity index (χ4v) is 3.59. The van der Waals surface area contributed by atoms with Gasteiger partial charge >= 0.3 is 0 Å². The molecule has 1 heterocycles. The summed E-state index contributed by atoms with van der Waals surface area (Å²) >= 11 is 0. The number of nitrogens with zero attached hydrogens (tertiary/aromatic N) is 2. The standard InChI is InChI=1S/C21H27FN4O/c1-14-20(22)19(12-13-24-14)15-4-6-16(7-5-15)25-21(23-2)26-17-8-10-18(27-3)11-9-17/h8-13,15-16H,4-7H2,1-3H3,(H2,23,25,26). The third kappa shape index (κ3) is 4.76. The molecule has 0 atom stereocenters. The Labute approximate surface area is 160 Å². The number of rotatable bonds is 4. The van der Waals surface area contributed by atoms with Gasteiger partial charge in [0.15, 0.2) is 5.96 Å². The van der Waals surface area contributed by atoms with Crippen molar-refractivity contribution in [3.05, 3.63) is 53.6 Å². The first-order valence-corrected chi connectivity index (χ1v) is 9.36. The van der Waals surface area contributed by atoms with E-state index in [0.29, 0.717) is 11.7 Å². The monoisotopic (exact) mass is 370 g/mol. The molecule has 3 rings (SSSR count). The highest BCUT2D eigenvalue weighted by Gasteiger charge is 2.25. The van der Waals surface area contributed by atoms with E-state index in [4.69, 9.17) is 4.74 Å². The first-order valence-electron chi connectivity index (χ1n) is 9.36. The number of pyridine rings is 1. The van der Waals surface area contributed by atoms with Crippen LogP contribution in [-0.4, -0.2) is 31.1 Å². The molecule has 1 aromatic heterocycles. The largest absolute Gasteiger partial charge is 0.497 e. The molecule has 1 aliphatic rings. The Hall–Kier alpha value is -2.63. The van der Waals surface area contributed by atoms with Crippen LogP contribution in [0.4, 0.5) is 10.1 Å². The minimum absolute atomic E-state index is 0.147. The third-order valence-electron chi connectivity index (χ3n) is 5.18. The molecule has 2 N–H and O–H groups in total. The number of aromatic nitrogens is 1. The molecular weight excluding hydrogens is 343 g/mol. The average Bonchev–Trinajstić information content (AvgIpc) is 2.71. The van der Waals surface area contributed by atoms with Crippen molar-refractivity contribution in [2.75, 3.05) is 19.5 Å². The van der Waals surface area contributed by atoms with Gasteiger partial charge in [0.2, 0.25) is 0 Å². The van der Waals surface area contributed by atoms with Crippen LogP contribution in [0.1, 0.15) is 42.9 Å². The van der Waals surface area contributed by atoms with Crippen LogP contribution in [0.5, 0.6) is 5.75 Å². The van der Waals surface area contributed by atoms with Gasteiger partial charge in [-0.25, -0.2) is 4.39 Å². The van der Waals surface area contributed by atoms with E-state index in [2.05, 4.69) is 20.6 Å². The number of benzene rings is 1. The van der Waals surface area contributed by atoms with Gasteiger partial charge in [-0.1, -0.05) is 0 Å². The highest BCUT2D eigenvalue weighted by Crippen LogP contribution is 2.34. The first-order chi connectivity index (χ1) is 13.1. The van der Waals surface area contributed by atoms with Gasteiger partial charge in [0, 0.05) is 25.0 Å². The Bertz CT molecular complexity index is 783. The molecular formula is C21H27FN4O. The second kappa shape index (κ2) is 8.84. The summed E-state index contributed by atoms with van der Waals surface area (Å²) in [6.45, 7) is 1.72. The number of methoxy groups -OCH3 is 1. The molecule has 0 unspecified atom stereocenters. The Morgan fingerprint density at radius 2 is 1.85 bits per heavy atom. The van der Waals surface area contributed by atoms with Crippen molar-refractivity contribution < 1.29 is 9.13 Å². The summed E-state index contributed by atoms with van der Waals surface area (Å²) in [5.41, 5.74) is 2.24. The van der Waals surface area contributed by atoms with Gasteiger partial charge < -0.3 is 15.4 Å². The number of hydrogen-bond donors (Lipinski definition) is 2. The first kappa shape index (κ1) is 19.1. The number of hydrogen-bond acceptors (Lipinski definition) is 3. The summed E-state index contributed by atoms with van der Waals surface area (Å²) in [7, 11) is 3.41. The van der Waals surface area contributed by atoms with Crippen molar-refractivity contribution in [3.63, 3.8) is 0 Å². The van der Waals surface area contributed by atoms with E-state index in [1.807, 2.05) is 30.3 Å². The molecule has 1 aromatic carbocycles. The zero-order chi connectivity index (χ0) is 19.2. The molecule has 2 aromatic rings. The highest BCUT2D eigenvalue weighted by molar-refractivity contribution is 5.93. The molecule has 1 aliphatic carbocycles. The fraction of sp³-hybridized carbons (Fsp3) is 0.429. The van der Waals surface area contributed by atoms with Gasteiger partial charge in [0.05, 0.1) is 12.8 Å². The summed E-state index contributed by atoms with van der Waals surface area (Å²) in [5.74, 6) is 1.68. The number of aliphatic imine (C=N–C) groups is 1. The van der Waals surface area contributed by atoms with Crippen molar-refractivity contribution in [3.8, 4) is 5.75 Å². The van der Waals surface area contributed by atoms with Crippen LogP contribution >= 0.6 is 0 Å². The summed E-state index contributed by atoms with van der Waals surface area (Å²) in [6.07, 6.45) is 5.58. The van der Waals surface area contributed by atoms with Crippen molar-refractivity contribution in [1.82, 2.24) is 10.3 Å². The zero-order valence-electron chi connectivity index (χ0n) is 16.1. The van der Waals surface area contributed by atoms with Crippen molar-refractivity contribution in [2.24, 2.45) is 4.99 Å². The number of ether oxygens (including phenoxy) is 1. The third-order valence-corrected chi connectivity index (χ3v) is 5.18. The SMILES string of the molecule is C/N=C(\Nc1ccc(OC)cc1)NC1CCC(c2ccnc(C)c2F)CC1. The minimum Gasteiger partial charge on any atom is -0.497 e. The molecule has 0 spiro atoms.